The van der Waals surface area contributed by atoms with Crippen molar-refractivity contribution in [2.45, 2.75) is 12.5 Å². The monoisotopic (exact) mass is 309 g/mol. The largest absolute Gasteiger partial charge is 0.384 e. The predicted molar refractivity (Wildman–Crippen MR) is 74.2 cm³/mol. The number of hydrogen-bond donors (Lipinski definition) is 2. The van der Waals surface area contributed by atoms with E-state index in [0.29, 0.717) is 16.8 Å². The van der Waals surface area contributed by atoms with E-state index in [2.05, 4.69) is 5.32 Å². The minimum Gasteiger partial charge on any atom is -0.384 e. The fraction of sp³-hybridized carbons (Fsp3) is 0.133. The zero-order chi connectivity index (χ0) is 15.1. The van der Waals surface area contributed by atoms with Gasteiger partial charge in [-0.25, -0.2) is 8.78 Å². The highest BCUT2D eigenvalue weighted by molar-refractivity contribution is 6.30. The molecule has 21 heavy (non-hydrogen) atoms. The Hall–Kier alpha value is -1.98. The van der Waals surface area contributed by atoms with Gasteiger partial charge in [-0.3, -0.25) is 4.79 Å². The third kappa shape index (κ3) is 2.50. The Kier molecular flexibility index (Phi) is 3.39. The van der Waals surface area contributed by atoms with Crippen LogP contribution in [-0.4, -0.2) is 11.0 Å². The molecule has 2 aromatic carbocycles. The van der Waals surface area contributed by atoms with Gasteiger partial charge < -0.3 is 10.4 Å². The number of aliphatic hydroxyl groups excluding tert-OH is 1. The highest BCUT2D eigenvalue weighted by atomic mass is 35.5. The summed E-state index contributed by atoms with van der Waals surface area (Å²) in [6.45, 7) is 0. The first-order valence-corrected chi connectivity index (χ1v) is 6.58. The average molecular weight is 310 g/mol. The van der Waals surface area contributed by atoms with E-state index in [1.54, 1.807) is 18.2 Å². The number of nitrogens with one attached hydrogen (secondary N) is 1. The van der Waals surface area contributed by atoms with E-state index in [4.69, 9.17) is 11.6 Å². The summed E-state index contributed by atoms with van der Waals surface area (Å²) in [7, 11) is 0. The molecule has 0 bridgehead atoms. The number of rotatable bonds is 2. The van der Waals surface area contributed by atoms with Crippen molar-refractivity contribution in [2.75, 3.05) is 5.32 Å². The van der Waals surface area contributed by atoms with Crippen molar-refractivity contribution >= 4 is 23.2 Å². The summed E-state index contributed by atoms with van der Waals surface area (Å²) in [5.41, 5.74) is 1.56. The lowest BCUT2D eigenvalue weighted by atomic mass is 9.98. The van der Waals surface area contributed by atoms with Crippen LogP contribution in [0.25, 0.3) is 0 Å². The number of hydrogen-bond acceptors (Lipinski definition) is 2. The molecule has 1 aliphatic rings. The molecule has 0 spiro atoms. The predicted octanol–water partition coefficient (Wildman–Crippen LogP) is 3.19. The zero-order valence-corrected chi connectivity index (χ0v) is 11.4. The van der Waals surface area contributed by atoms with E-state index < -0.39 is 17.7 Å². The molecular formula is C15H10ClF2NO2. The Morgan fingerprint density at radius 2 is 1.95 bits per heavy atom. The van der Waals surface area contributed by atoms with Gasteiger partial charge in [0, 0.05) is 11.3 Å². The molecule has 1 heterocycles. The van der Waals surface area contributed by atoms with E-state index in [9.17, 15) is 18.7 Å². The number of amides is 1. The average Bonchev–Trinajstić information content (AvgIpc) is 2.81. The van der Waals surface area contributed by atoms with Crippen LogP contribution in [-0.2, 0) is 11.2 Å². The number of benzene rings is 2. The van der Waals surface area contributed by atoms with Crippen LogP contribution in [0.3, 0.4) is 0 Å². The molecule has 0 aromatic heterocycles. The van der Waals surface area contributed by atoms with Crippen molar-refractivity contribution in [1.29, 1.82) is 0 Å². The van der Waals surface area contributed by atoms with Crippen molar-refractivity contribution < 1.29 is 18.7 Å². The van der Waals surface area contributed by atoms with E-state index in [1.807, 2.05) is 0 Å². The first-order valence-electron chi connectivity index (χ1n) is 6.21. The number of aliphatic hydroxyl groups is 1. The fourth-order valence-corrected chi connectivity index (χ4v) is 2.50. The molecule has 3 nitrogen and oxygen atoms in total. The lowest BCUT2D eigenvalue weighted by molar-refractivity contribution is -0.115. The zero-order valence-electron chi connectivity index (χ0n) is 10.7. The highest BCUT2D eigenvalue weighted by Gasteiger charge is 2.22. The molecule has 1 atom stereocenters. The Morgan fingerprint density at radius 1 is 1.19 bits per heavy atom. The van der Waals surface area contributed by atoms with Crippen molar-refractivity contribution in [3.8, 4) is 0 Å². The molecule has 3 rings (SSSR count). The molecular weight excluding hydrogens is 300 g/mol. The normalized spacial score (nSPS) is 14.8. The molecule has 108 valence electrons. The standard InChI is InChI=1S/C15H10ClF2NO2/c16-10-6-11(17)9(5-12(10)18)15(21)7-1-2-13-8(3-7)4-14(20)19-13/h1-3,5-6,15,21H,4H2,(H,19,20). The summed E-state index contributed by atoms with van der Waals surface area (Å²) in [4.78, 5) is 11.3. The third-order valence-electron chi connectivity index (χ3n) is 3.40. The summed E-state index contributed by atoms with van der Waals surface area (Å²) in [5, 5.41) is 12.5. The van der Waals surface area contributed by atoms with Crippen molar-refractivity contribution in [1.82, 2.24) is 0 Å². The van der Waals surface area contributed by atoms with Gasteiger partial charge >= 0.3 is 0 Å². The topological polar surface area (TPSA) is 49.3 Å². The molecule has 1 unspecified atom stereocenters. The van der Waals surface area contributed by atoms with E-state index >= 15 is 0 Å². The van der Waals surface area contributed by atoms with Crippen LogP contribution in [0, 0.1) is 11.6 Å². The molecule has 2 aromatic rings. The van der Waals surface area contributed by atoms with Crippen LogP contribution in [0.2, 0.25) is 5.02 Å². The second-order valence-electron chi connectivity index (χ2n) is 4.83. The summed E-state index contributed by atoms with van der Waals surface area (Å²) in [6, 6.07) is 6.49. The maximum Gasteiger partial charge on any atom is 0.228 e. The molecule has 2 N–H and O–H groups in total. The van der Waals surface area contributed by atoms with Crippen molar-refractivity contribution in [2.24, 2.45) is 0 Å². The smallest absolute Gasteiger partial charge is 0.228 e. The van der Waals surface area contributed by atoms with Gasteiger partial charge in [-0.05, 0) is 29.3 Å². The first-order chi connectivity index (χ1) is 9.95. The Labute approximate surface area is 124 Å². The quantitative estimate of drug-likeness (QED) is 0.837. The van der Waals surface area contributed by atoms with Crippen LogP contribution < -0.4 is 5.32 Å². The molecule has 0 aliphatic carbocycles. The number of carbonyl (C=O) groups is 1. The van der Waals surface area contributed by atoms with Crippen LogP contribution in [0.1, 0.15) is 22.8 Å². The molecule has 0 radical (unpaired) electrons. The van der Waals surface area contributed by atoms with E-state index in [0.717, 1.165) is 12.1 Å². The van der Waals surface area contributed by atoms with Gasteiger partial charge in [-0.1, -0.05) is 23.7 Å². The minimum atomic E-state index is -1.34. The number of anilines is 1. The van der Waals surface area contributed by atoms with Gasteiger partial charge in [0.25, 0.3) is 0 Å². The summed E-state index contributed by atoms with van der Waals surface area (Å²) >= 11 is 5.49. The van der Waals surface area contributed by atoms with Crippen LogP contribution in [0.15, 0.2) is 30.3 Å². The second kappa shape index (κ2) is 5.09. The van der Waals surface area contributed by atoms with Crippen LogP contribution in [0.5, 0.6) is 0 Å². The first kappa shape index (κ1) is 14.0. The molecule has 0 saturated carbocycles. The van der Waals surface area contributed by atoms with Gasteiger partial charge in [0.1, 0.15) is 17.7 Å². The maximum atomic E-state index is 13.8. The van der Waals surface area contributed by atoms with Crippen molar-refractivity contribution in [3.05, 3.63) is 63.7 Å². The van der Waals surface area contributed by atoms with Crippen LogP contribution >= 0.6 is 11.6 Å². The summed E-state index contributed by atoms with van der Waals surface area (Å²) in [6.07, 6.45) is -1.13. The molecule has 1 amide bonds. The number of halogens is 3. The molecule has 6 heteroatoms. The van der Waals surface area contributed by atoms with Crippen molar-refractivity contribution in [3.63, 3.8) is 0 Å². The summed E-state index contributed by atoms with van der Waals surface area (Å²) in [5.74, 6) is -1.73. The highest BCUT2D eigenvalue weighted by Crippen LogP contribution is 2.31. The van der Waals surface area contributed by atoms with Gasteiger partial charge in [-0.2, -0.15) is 0 Å². The molecule has 0 saturated heterocycles. The Morgan fingerprint density at radius 3 is 2.71 bits per heavy atom. The van der Waals surface area contributed by atoms with Gasteiger partial charge in [0.05, 0.1) is 11.4 Å². The maximum absolute atomic E-state index is 13.8. The SMILES string of the molecule is O=C1Cc2cc(C(O)c3cc(F)c(Cl)cc3F)ccc2N1. The lowest BCUT2D eigenvalue weighted by Gasteiger charge is -2.14. The second-order valence-corrected chi connectivity index (χ2v) is 5.24. The van der Waals surface area contributed by atoms with Gasteiger partial charge in [0.2, 0.25) is 5.91 Å². The van der Waals surface area contributed by atoms with E-state index in [-0.39, 0.29) is 22.9 Å². The van der Waals surface area contributed by atoms with E-state index in [1.165, 1.54) is 0 Å². The summed E-state index contributed by atoms with van der Waals surface area (Å²) < 4.78 is 27.3. The van der Waals surface area contributed by atoms with Crippen LogP contribution in [0.4, 0.5) is 14.5 Å². The molecule has 0 fully saturated rings. The number of fused-ring (bicyclic) bond motifs is 1. The Balaban J connectivity index is 2.00. The minimum absolute atomic E-state index is 0.139. The lowest BCUT2D eigenvalue weighted by Crippen LogP contribution is -2.04. The van der Waals surface area contributed by atoms with Gasteiger partial charge in [0.15, 0.2) is 0 Å². The third-order valence-corrected chi connectivity index (χ3v) is 3.69. The molecule has 1 aliphatic heterocycles. The number of carbonyl (C=O) groups excluding carboxylic acids is 1. The Bertz CT molecular complexity index is 749. The van der Waals surface area contributed by atoms with Gasteiger partial charge in [-0.15, -0.1) is 0 Å². The fourth-order valence-electron chi connectivity index (χ4n) is 2.35.